The molecule has 0 saturated heterocycles. The van der Waals surface area contributed by atoms with Crippen molar-refractivity contribution < 1.29 is 14.0 Å². The van der Waals surface area contributed by atoms with E-state index in [1.165, 1.54) is 12.1 Å². The van der Waals surface area contributed by atoms with E-state index < -0.39 is 5.82 Å². The Balaban J connectivity index is 1.43. The number of carbonyl (C=O) groups excluding carboxylic acids is 2. The maximum Gasteiger partial charge on any atom is 0.270 e. The van der Waals surface area contributed by atoms with Crippen LogP contribution in [0.1, 0.15) is 78.3 Å². The number of amides is 2. The van der Waals surface area contributed by atoms with Crippen molar-refractivity contribution in [1.29, 1.82) is 0 Å². The summed E-state index contributed by atoms with van der Waals surface area (Å²) in [4.78, 5) is 39.8. The summed E-state index contributed by atoms with van der Waals surface area (Å²) < 4.78 is 17.0. The van der Waals surface area contributed by atoms with E-state index in [1.807, 2.05) is 10.6 Å². The Hall–Kier alpha value is -3.69. The van der Waals surface area contributed by atoms with Crippen LogP contribution in [0, 0.1) is 5.82 Å². The van der Waals surface area contributed by atoms with Crippen LogP contribution in [0.4, 0.5) is 16.0 Å². The minimum Gasteiger partial charge on any atom is -0.352 e. The number of thiocarbonyl (C=S) groups is 1. The predicted octanol–water partition coefficient (Wildman–Crippen LogP) is 5.52. The molecule has 1 saturated carbocycles. The van der Waals surface area contributed by atoms with E-state index in [0.29, 0.717) is 24.4 Å². The number of halogens is 1. The molecule has 0 aliphatic heterocycles. The van der Waals surface area contributed by atoms with Crippen molar-refractivity contribution in [3.8, 4) is 0 Å². The number of benzene rings is 1. The maximum atomic E-state index is 14.9. The molecule has 3 aromatic rings. The Bertz CT molecular complexity index is 1380. The molecule has 1 aromatic carbocycles. The molecule has 2 amide bonds. The summed E-state index contributed by atoms with van der Waals surface area (Å²) in [7, 11) is 3.46. The molecule has 0 spiro atoms. The summed E-state index contributed by atoms with van der Waals surface area (Å²) in [5, 5.41) is 8.87. The first kappa shape index (κ1) is 28.3. The molecule has 0 radical (unpaired) electrons. The first-order valence-electron chi connectivity index (χ1n) is 13.4. The lowest BCUT2D eigenvalue weighted by molar-refractivity contribution is 0.0815. The van der Waals surface area contributed by atoms with E-state index in [0.717, 1.165) is 56.8 Å². The molecule has 2 N–H and O–H groups in total. The molecule has 1 fully saturated rings. The lowest BCUT2D eigenvalue weighted by Gasteiger charge is -2.19. The number of isothiocyanates is 1. The van der Waals surface area contributed by atoms with Gasteiger partial charge in [-0.05, 0) is 62.2 Å². The summed E-state index contributed by atoms with van der Waals surface area (Å²) >= 11 is 4.54. The Morgan fingerprint density at radius 2 is 1.95 bits per heavy atom. The quantitative estimate of drug-likeness (QED) is 0.174. The van der Waals surface area contributed by atoms with Crippen LogP contribution in [0.25, 0.3) is 11.0 Å². The zero-order valence-corrected chi connectivity index (χ0v) is 23.2. The highest BCUT2D eigenvalue weighted by Crippen LogP contribution is 2.35. The van der Waals surface area contributed by atoms with Gasteiger partial charge in [-0.25, -0.2) is 14.4 Å². The van der Waals surface area contributed by atoms with E-state index in [4.69, 9.17) is 0 Å². The van der Waals surface area contributed by atoms with Gasteiger partial charge in [-0.3, -0.25) is 9.59 Å². The number of anilines is 2. The summed E-state index contributed by atoms with van der Waals surface area (Å²) in [6, 6.07) is 6.28. The monoisotopic (exact) mass is 551 g/mol. The van der Waals surface area contributed by atoms with E-state index in [-0.39, 0.29) is 35.1 Å². The van der Waals surface area contributed by atoms with Gasteiger partial charge in [-0.15, -0.1) is 0 Å². The van der Waals surface area contributed by atoms with E-state index in [2.05, 4.69) is 43.0 Å². The van der Waals surface area contributed by atoms with E-state index in [9.17, 15) is 14.0 Å². The predicted molar refractivity (Wildman–Crippen MR) is 153 cm³/mol. The average Bonchev–Trinajstić information content (AvgIpc) is 3.58. The topological polar surface area (TPSA) is 105 Å². The molecule has 0 atom stereocenters. The van der Waals surface area contributed by atoms with Gasteiger partial charge in [0, 0.05) is 50.4 Å². The van der Waals surface area contributed by atoms with Crippen LogP contribution in [0.2, 0.25) is 0 Å². The molecular weight excluding hydrogens is 517 g/mol. The zero-order valence-electron chi connectivity index (χ0n) is 22.4. The Morgan fingerprint density at radius 1 is 1.18 bits per heavy atom. The fraction of sp³-hybridized carbons (Fsp3) is 0.464. The minimum atomic E-state index is -0.583. The van der Waals surface area contributed by atoms with Crippen LogP contribution in [0.5, 0.6) is 0 Å². The molecular formula is C28H34FN7O2S. The third-order valence-corrected chi connectivity index (χ3v) is 7.04. The molecule has 0 unspecified atom stereocenters. The lowest BCUT2D eigenvalue weighted by Crippen LogP contribution is -2.25. The van der Waals surface area contributed by atoms with Crippen molar-refractivity contribution in [1.82, 2.24) is 24.8 Å². The Labute approximate surface area is 232 Å². The highest BCUT2D eigenvalue weighted by molar-refractivity contribution is 7.78. The largest absolute Gasteiger partial charge is 0.352 e. The van der Waals surface area contributed by atoms with Gasteiger partial charge in [0.2, 0.25) is 5.95 Å². The van der Waals surface area contributed by atoms with E-state index >= 15 is 0 Å². The van der Waals surface area contributed by atoms with Crippen molar-refractivity contribution in [2.75, 3.05) is 32.5 Å². The lowest BCUT2D eigenvalue weighted by atomic mass is 10.1. The van der Waals surface area contributed by atoms with Crippen LogP contribution in [-0.4, -0.2) is 63.6 Å². The third-order valence-electron chi connectivity index (χ3n) is 6.92. The van der Waals surface area contributed by atoms with Crippen LogP contribution in [0.15, 0.2) is 35.5 Å². The maximum absolute atomic E-state index is 14.9. The van der Waals surface area contributed by atoms with Crippen LogP contribution < -0.4 is 10.6 Å². The van der Waals surface area contributed by atoms with Gasteiger partial charge in [0.1, 0.15) is 17.2 Å². The van der Waals surface area contributed by atoms with Gasteiger partial charge in [0.25, 0.3) is 11.8 Å². The number of nitrogens with zero attached hydrogens (tertiary/aromatic N) is 5. The fourth-order valence-corrected chi connectivity index (χ4v) is 4.98. The van der Waals surface area contributed by atoms with Crippen LogP contribution >= 0.6 is 12.2 Å². The van der Waals surface area contributed by atoms with Gasteiger partial charge >= 0.3 is 0 Å². The van der Waals surface area contributed by atoms with Crippen molar-refractivity contribution in [2.24, 2.45) is 4.99 Å². The summed E-state index contributed by atoms with van der Waals surface area (Å²) in [5.41, 5.74) is 1.63. The number of nitrogens with one attached hydrogen (secondary N) is 2. The number of unbranched alkanes of at least 4 members (excludes halogenated alkanes) is 3. The summed E-state index contributed by atoms with van der Waals surface area (Å²) in [6.45, 7) is 1.20. The van der Waals surface area contributed by atoms with Gasteiger partial charge in [-0.2, -0.15) is 4.98 Å². The second-order valence-corrected chi connectivity index (χ2v) is 10.2. The van der Waals surface area contributed by atoms with Crippen LogP contribution in [0.3, 0.4) is 0 Å². The van der Waals surface area contributed by atoms with E-state index in [1.54, 1.807) is 31.3 Å². The molecule has 39 heavy (non-hydrogen) atoms. The summed E-state index contributed by atoms with van der Waals surface area (Å²) in [5.74, 6) is -0.779. The molecule has 0 bridgehead atoms. The molecule has 2 aromatic heterocycles. The van der Waals surface area contributed by atoms with Crippen molar-refractivity contribution >= 4 is 51.9 Å². The third kappa shape index (κ3) is 7.04. The first-order chi connectivity index (χ1) is 18.9. The normalized spacial score (nSPS) is 13.3. The van der Waals surface area contributed by atoms with Crippen molar-refractivity contribution in [3.63, 3.8) is 0 Å². The molecule has 1 aliphatic carbocycles. The first-order valence-corrected chi connectivity index (χ1v) is 13.8. The minimum absolute atomic E-state index is 0.0916. The molecule has 2 heterocycles. The number of aliphatic imine (C=N–C) groups is 1. The highest BCUT2D eigenvalue weighted by atomic mass is 32.1. The molecule has 4 rings (SSSR count). The van der Waals surface area contributed by atoms with Crippen molar-refractivity contribution in [3.05, 3.63) is 47.5 Å². The number of rotatable bonds is 12. The number of hydrogen-bond acceptors (Lipinski definition) is 7. The second-order valence-electron chi connectivity index (χ2n) is 9.97. The van der Waals surface area contributed by atoms with Gasteiger partial charge < -0.3 is 20.1 Å². The molecule has 1 aliphatic rings. The van der Waals surface area contributed by atoms with Crippen LogP contribution in [-0.2, 0) is 0 Å². The number of fused-ring (bicyclic) bond motifs is 1. The Kier molecular flexibility index (Phi) is 9.73. The number of hydrogen-bond donors (Lipinski definition) is 2. The highest BCUT2D eigenvalue weighted by Gasteiger charge is 2.26. The Morgan fingerprint density at radius 3 is 2.67 bits per heavy atom. The van der Waals surface area contributed by atoms with Gasteiger partial charge in [-0.1, -0.05) is 25.7 Å². The van der Waals surface area contributed by atoms with Gasteiger partial charge in [0.15, 0.2) is 0 Å². The smallest absolute Gasteiger partial charge is 0.270 e. The van der Waals surface area contributed by atoms with Gasteiger partial charge in [0.05, 0.1) is 10.8 Å². The second kappa shape index (κ2) is 13.4. The summed E-state index contributed by atoms with van der Waals surface area (Å²) in [6.07, 6.45) is 9.54. The fourth-order valence-electron chi connectivity index (χ4n) is 4.89. The zero-order chi connectivity index (χ0) is 27.8. The SMILES string of the molecule is CN(C)C(=O)c1cc2cnc(Nc3ccc(C(=O)NCCCCCCN=C=S)cc3F)nc2n1C1CCCC1. The average molecular weight is 552 g/mol. The molecule has 206 valence electrons. The van der Waals surface area contributed by atoms with Crippen molar-refractivity contribution in [2.45, 2.75) is 57.4 Å². The molecule has 9 nitrogen and oxygen atoms in total. The molecule has 11 heteroatoms. The number of carbonyl (C=O) groups is 2. The number of aromatic nitrogens is 3. The standard InChI is InChI=1S/C28H34FN7O2S/c1-35(2)27(38)24-16-20-17-32-28(34-25(20)36(24)21-9-5-6-10-21)33-23-12-11-19(15-22(23)29)26(37)31-14-8-4-3-7-13-30-18-39/h11-12,15-17,21H,3-10,13-14H2,1-2H3,(H,31,37)(H,32,33,34).